The van der Waals surface area contributed by atoms with E-state index in [4.69, 9.17) is 10.2 Å². The van der Waals surface area contributed by atoms with E-state index in [2.05, 4.69) is 31.1 Å². The first kappa shape index (κ1) is 11.8. The topological polar surface area (TPSA) is 64.1 Å². The summed E-state index contributed by atoms with van der Waals surface area (Å²) in [5.41, 5.74) is 7.97. The van der Waals surface area contributed by atoms with Gasteiger partial charge in [-0.25, -0.2) is 0 Å². The van der Waals surface area contributed by atoms with Gasteiger partial charge in [0.05, 0.1) is 0 Å². The average Bonchev–Trinajstić information content (AvgIpc) is 2.66. The lowest BCUT2D eigenvalue weighted by molar-refractivity contribution is 0.489. The van der Waals surface area contributed by atoms with Crippen LogP contribution in [0.15, 0.2) is 22.6 Å². The van der Waals surface area contributed by atoms with Gasteiger partial charge in [-0.15, -0.1) is 0 Å². The van der Waals surface area contributed by atoms with Gasteiger partial charge in [0, 0.05) is 11.7 Å². The van der Waals surface area contributed by atoms with Crippen molar-refractivity contribution in [2.45, 2.75) is 33.2 Å². The molecule has 0 aliphatic rings. The number of benzene rings is 1. The molecule has 1 heterocycles. The second-order valence-electron chi connectivity index (χ2n) is 4.65. The van der Waals surface area contributed by atoms with Gasteiger partial charge < -0.3 is 15.5 Å². The van der Waals surface area contributed by atoms with E-state index in [-0.39, 0.29) is 0 Å². The van der Waals surface area contributed by atoms with Gasteiger partial charge in [0.25, 0.3) is 6.01 Å². The molecule has 0 bridgehead atoms. The van der Waals surface area contributed by atoms with Gasteiger partial charge >= 0.3 is 0 Å². The van der Waals surface area contributed by atoms with Crippen molar-refractivity contribution < 1.29 is 4.42 Å². The molecule has 1 aromatic carbocycles. The van der Waals surface area contributed by atoms with E-state index in [1.807, 2.05) is 18.2 Å². The molecule has 92 valence electrons. The van der Waals surface area contributed by atoms with Crippen LogP contribution in [0, 0.1) is 5.92 Å². The Kier molecular flexibility index (Phi) is 3.22. The Morgan fingerprint density at radius 3 is 2.82 bits per heavy atom. The summed E-state index contributed by atoms with van der Waals surface area (Å²) < 4.78 is 5.63. The van der Waals surface area contributed by atoms with Crippen molar-refractivity contribution in [1.29, 1.82) is 0 Å². The van der Waals surface area contributed by atoms with Crippen LogP contribution in [0.3, 0.4) is 0 Å². The van der Waals surface area contributed by atoms with Crippen LogP contribution < -0.4 is 11.1 Å². The maximum absolute atomic E-state index is 5.71. The van der Waals surface area contributed by atoms with E-state index in [0.29, 0.717) is 23.7 Å². The molecule has 0 fully saturated rings. The van der Waals surface area contributed by atoms with Crippen LogP contribution in [-0.4, -0.2) is 11.0 Å². The Bertz CT molecular complexity index is 504. The first-order valence-electron chi connectivity index (χ1n) is 6.02. The summed E-state index contributed by atoms with van der Waals surface area (Å²) in [5.74, 6) is 0.542. The van der Waals surface area contributed by atoms with E-state index < -0.39 is 0 Å². The summed E-state index contributed by atoms with van der Waals surface area (Å²) in [4.78, 5) is 4.39. The zero-order valence-electron chi connectivity index (χ0n) is 10.5. The summed E-state index contributed by atoms with van der Waals surface area (Å²) in [6.45, 7) is 6.52. The SMILES string of the molecule is CCC(Nc1nc2cc(N)ccc2o1)C(C)C. The number of nitrogens with zero attached hydrogens (tertiary/aromatic N) is 1. The second-order valence-corrected chi connectivity index (χ2v) is 4.65. The molecule has 0 aliphatic heterocycles. The predicted octanol–water partition coefficient (Wildman–Crippen LogP) is 3.26. The summed E-state index contributed by atoms with van der Waals surface area (Å²) >= 11 is 0. The number of fused-ring (bicyclic) bond motifs is 1. The molecule has 0 radical (unpaired) electrons. The lowest BCUT2D eigenvalue weighted by atomic mass is 10.0. The molecule has 0 amide bonds. The number of hydrogen-bond acceptors (Lipinski definition) is 4. The molecule has 2 rings (SSSR count). The molecule has 17 heavy (non-hydrogen) atoms. The molecule has 4 heteroatoms. The zero-order valence-corrected chi connectivity index (χ0v) is 10.5. The summed E-state index contributed by atoms with van der Waals surface area (Å²) in [5, 5.41) is 3.32. The van der Waals surface area contributed by atoms with E-state index in [9.17, 15) is 0 Å². The van der Waals surface area contributed by atoms with E-state index in [1.54, 1.807) is 0 Å². The van der Waals surface area contributed by atoms with E-state index in [0.717, 1.165) is 17.5 Å². The fourth-order valence-corrected chi connectivity index (χ4v) is 1.90. The predicted molar refractivity (Wildman–Crippen MR) is 71.0 cm³/mol. The Labute approximate surface area is 101 Å². The third-order valence-corrected chi connectivity index (χ3v) is 2.97. The lowest BCUT2D eigenvalue weighted by Crippen LogP contribution is -2.24. The molecule has 0 spiro atoms. The van der Waals surface area contributed by atoms with Gasteiger partial charge in [-0.3, -0.25) is 0 Å². The number of nitrogens with one attached hydrogen (secondary N) is 1. The van der Waals surface area contributed by atoms with Crippen molar-refractivity contribution in [3.63, 3.8) is 0 Å². The first-order chi connectivity index (χ1) is 8.10. The highest BCUT2D eigenvalue weighted by Gasteiger charge is 2.14. The third-order valence-electron chi connectivity index (χ3n) is 2.97. The van der Waals surface area contributed by atoms with Gasteiger partial charge in [0.1, 0.15) is 5.52 Å². The van der Waals surface area contributed by atoms with Crippen LogP contribution in [0.4, 0.5) is 11.7 Å². The van der Waals surface area contributed by atoms with Crippen molar-refractivity contribution in [2.75, 3.05) is 11.1 Å². The molecule has 3 N–H and O–H groups in total. The van der Waals surface area contributed by atoms with Gasteiger partial charge in [-0.1, -0.05) is 20.8 Å². The Balaban J connectivity index is 2.24. The largest absolute Gasteiger partial charge is 0.424 e. The van der Waals surface area contributed by atoms with Crippen LogP contribution in [0.25, 0.3) is 11.1 Å². The van der Waals surface area contributed by atoms with Crippen molar-refractivity contribution >= 4 is 22.8 Å². The molecular formula is C13H19N3O. The minimum atomic E-state index is 0.375. The minimum Gasteiger partial charge on any atom is -0.424 e. The maximum Gasteiger partial charge on any atom is 0.295 e. The number of anilines is 2. The van der Waals surface area contributed by atoms with Crippen LogP contribution >= 0.6 is 0 Å². The number of rotatable bonds is 4. The minimum absolute atomic E-state index is 0.375. The number of nitrogen functional groups attached to an aromatic ring is 1. The fraction of sp³-hybridized carbons (Fsp3) is 0.462. The highest BCUT2D eigenvalue weighted by Crippen LogP contribution is 2.22. The normalized spacial score (nSPS) is 13.2. The van der Waals surface area contributed by atoms with Crippen LogP contribution in [0.1, 0.15) is 27.2 Å². The van der Waals surface area contributed by atoms with Crippen molar-refractivity contribution in [3.05, 3.63) is 18.2 Å². The van der Waals surface area contributed by atoms with Crippen LogP contribution in [-0.2, 0) is 0 Å². The standard InChI is InChI=1S/C13H19N3O/c1-4-10(8(2)3)15-13-16-11-7-9(14)5-6-12(11)17-13/h5-8,10H,4,14H2,1-3H3,(H,15,16). The highest BCUT2D eigenvalue weighted by atomic mass is 16.4. The number of hydrogen-bond donors (Lipinski definition) is 2. The highest BCUT2D eigenvalue weighted by molar-refractivity contribution is 5.78. The number of nitrogens with two attached hydrogens (primary N) is 1. The molecule has 4 nitrogen and oxygen atoms in total. The quantitative estimate of drug-likeness (QED) is 0.795. The maximum atomic E-state index is 5.71. The summed E-state index contributed by atoms with van der Waals surface area (Å²) in [7, 11) is 0. The fourth-order valence-electron chi connectivity index (χ4n) is 1.90. The monoisotopic (exact) mass is 233 g/mol. The van der Waals surface area contributed by atoms with Crippen molar-refractivity contribution in [3.8, 4) is 0 Å². The van der Waals surface area contributed by atoms with Gasteiger partial charge in [-0.2, -0.15) is 4.98 Å². The zero-order chi connectivity index (χ0) is 12.4. The van der Waals surface area contributed by atoms with Gasteiger partial charge in [0.15, 0.2) is 5.58 Å². The molecule has 1 atom stereocenters. The molecule has 1 aromatic heterocycles. The van der Waals surface area contributed by atoms with Crippen molar-refractivity contribution in [1.82, 2.24) is 4.98 Å². The van der Waals surface area contributed by atoms with Gasteiger partial charge in [0.2, 0.25) is 0 Å². The summed E-state index contributed by atoms with van der Waals surface area (Å²) in [6, 6.07) is 6.43. The second kappa shape index (κ2) is 4.65. The molecule has 0 saturated heterocycles. The van der Waals surface area contributed by atoms with E-state index >= 15 is 0 Å². The van der Waals surface area contributed by atoms with E-state index in [1.165, 1.54) is 0 Å². The molecular weight excluding hydrogens is 214 g/mol. The number of aromatic nitrogens is 1. The Morgan fingerprint density at radius 2 is 2.18 bits per heavy atom. The number of oxazole rings is 1. The Morgan fingerprint density at radius 1 is 1.41 bits per heavy atom. The van der Waals surface area contributed by atoms with Crippen LogP contribution in [0.5, 0.6) is 0 Å². The van der Waals surface area contributed by atoms with Crippen molar-refractivity contribution in [2.24, 2.45) is 5.92 Å². The average molecular weight is 233 g/mol. The Hall–Kier alpha value is -1.71. The molecule has 0 aliphatic carbocycles. The molecule has 1 unspecified atom stereocenters. The van der Waals surface area contributed by atoms with Gasteiger partial charge in [-0.05, 0) is 30.5 Å². The smallest absolute Gasteiger partial charge is 0.295 e. The molecule has 0 saturated carbocycles. The first-order valence-corrected chi connectivity index (χ1v) is 6.02. The summed E-state index contributed by atoms with van der Waals surface area (Å²) in [6.07, 6.45) is 1.04. The lowest BCUT2D eigenvalue weighted by Gasteiger charge is -2.18. The molecule has 2 aromatic rings. The van der Waals surface area contributed by atoms with Crippen LogP contribution in [0.2, 0.25) is 0 Å². The third kappa shape index (κ3) is 2.52.